The first-order chi connectivity index (χ1) is 11.4. The van der Waals surface area contributed by atoms with E-state index in [9.17, 15) is 18.8 Å². The van der Waals surface area contributed by atoms with Crippen molar-refractivity contribution in [3.8, 4) is 5.75 Å². The van der Waals surface area contributed by atoms with Crippen LogP contribution in [0.15, 0.2) is 18.2 Å². The zero-order valence-electron chi connectivity index (χ0n) is 13.3. The van der Waals surface area contributed by atoms with Gasteiger partial charge in [-0.25, -0.2) is 4.39 Å². The van der Waals surface area contributed by atoms with Crippen LogP contribution in [-0.4, -0.2) is 54.0 Å². The molecule has 24 heavy (non-hydrogen) atoms. The number of halogens is 1. The number of hydrogen-bond acceptors (Lipinski definition) is 4. The lowest BCUT2D eigenvalue weighted by Crippen LogP contribution is -2.48. The van der Waals surface area contributed by atoms with E-state index >= 15 is 0 Å². The summed E-state index contributed by atoms with van der Waals surface area (Å²) in [6.07, 6.45) is 1.69. The average molecular weight is 338 g/mol. The minimum Gasteiger partial charge on any atom is -0.494 e. The first-order valence-corrected chi connectivity index (χ1v) is 7.58. The molecule has 1 unspecified atom stereocenters. The van der Waals surface area contributed by atoms with Crippen LogP contribution in [-0.2, 0) is 9.59 Å². The van der Waals surface area contributed by atoms with Gasteiger partial charge >= 0.3 is 5.97 Å². The molecular weight excluding hydrogens is 319 g/mol. The third-order valence-electron chi connectivity index (χ3n) is 3.84. The lowest BCUT2D eigenvalue weighted by atomic mass is 10.1. The smallest absolute Gasteiger partial charge is 0.323 e. The number of methoxy groups -OCH3 is 1. The first-order valence-electron chi connectivity index (χ1n) is 7.58. The topological polar surface area (TPSA) is 95.9 Å². The number of nitrogens with one attached hydrogen (secondary N) is 1. The van der Waals surface area contributed by atoms with Crippen LogP contribution >= 0.6 is 0 Å². The summed E-state index contributed by atoms with van der Waals surface area (Å²) in [5.74, 6) is -3.19. The highest BCUT2D eigenvalue weighted by Crippen LogP contribution is 2.20. The van der Waals surface area contributed by atoms with Crippen LogP contribution < -0.4 is 10.1 Å². The molecule has 0 aromatic heterocycles. The van der Waals surface area contributed by atoms with Crippen LogP contribution in [0.5, 0.6) is 5.75 Å². The quantitative estimate of drug-likeness (QED) is 0.836. The maximum atomic E-state index is 14.1. The number of ether oxygens (including phenoxy) is 1. The molecule has 0 aliphatic carbocycles. The van der Waals surface area contributed by atoms with E-state index in [2.05, 4.69) is 5.32 Å². The number of carbonyl (C=O) groups excluding carboxylic acids is 2. The van der Waals surface area contributed by atoms with Crippen molar-refractivity contribution in [3.63, 3.8) is 0 Å². The van der Waals surface area contributed by atoms with Crippen molar-refractivity contribution >= 4 is 17.8 Å². The number of rotatable bonds is 5. The van der Waals surface area contributed by atoms with Gasteiger partial charge in [-0.15, -0.1) is 0 Å². The van der Waals surface area contributed by atoms with E-state index in [-0.39, 0.29) is 11.3 Å². The Hall–Kier alpha value is -2.64. The van der Waals surface area contributed by atoms with E-state index in [1.165, 1.54) is 30.2 Å². The van der Waals surface area contributed by atoms with Crippen molar-refractivity contribution in [1.82, 2.24) is 10.2 Å². The average Bonchev–Trinajstić information content (AvgIpc) is 2.70. The fourth-order valence-corrected chi connectivity index (χ4v) is 2.64. The molecule has 1 fully saturated rings. The molecule has 1 aliphatic heterocycles. The van der Waals surface area contributed by atoms with Crippen molar-refractivity contribution in [3.05, 3.63) is 29.6 Å². The van der Waals surface area contributed by atoms with Crippen LogP contribution in [0.25, 0.3) is 0 Å². The van der Waals surface area contributed by atoms with Crippen LogP contribution in [0.2, 0.25) is 0 Å². The van der Waals surface area contributed by atoms with Crippen molar-refractivity contribution in [2.45, 2.75) is 25.3 Å². The Labute approximate surface area is 138 Å². The standard InChI is InChI=1S/C16H19FN2O5/c1-24-12-7-4-5-10(14(12)17)15(22)18-11-6-2-3-8-19(16(11)23)9-13(20)21/h4-5,7,11H,2-3,6,8-9H2,1H3,(H,18,22)(H,20,21). The highest BCUT2D eigenvalue weighted by molar-refractivity contribution is 5.98. The predicted octanol–water partition coefficient (Wildman–Crippen LogP) is 1.03. The number of carboxylic acids is 1. The second-order valence-corrected chi connectivity index (χ2v) is 5.50. The minimum absolute atomic E-state index is 0.0673. The Morgan fingerprint density at radius 3 is 2.83 bits per heavy atom. The van der Waals surface area contributed by atoms with E-state index in [0.717, 1.165) is 0 Å². The molecule has 0 saturated carbocycles. The Bertz CT molecular complexity index is 649. The number of carboxylic acid groups (broad SMARTS) is 1. The van der Waals surface area contributed by atoms with Gasteiger partial charge in [-0.05, 0) is 31.4 Å². The van der Waals surface area contributed by atoms with Crippen molar-refractivity contribution in [2.75, 3.05) is 20.2 Å². The summed E-state index contributed by atoms with van der Waals surface area (Å²) < 4.78 is 19.0. The molecule has 1 aromatic carbocycles. The predicted molar refractivity (Wildman–Crippen MR) is 82.3 cm³/mol. The molecule has 1 atom stereocenters. The maximum absolute atomic E-state index is 14.1. The van der Waals surface area contributed by atoms with E-state index in [4.69, 9.17) is 9.84 Å². The highest BCUT2D eigenvalue weighted by Gasteiger charge is 2.30. The number of benzene rings is 1. The van der Waals surface area contributed by atoms with E-state index < -0.39 is 36.2 Å². The molecule has 0 spiro atoms. The van der Waals surface area contributed by atoms with Gasteiger partial charge in [0.2, 0.25) is 5.91 Å². The third kappa shape index (κ3) is 4.01. The molecule has 130 valence electrons. The number of nitrogens with zero attached hydrogens (tertiary/aromatic N) is 1. The largest absolute Gasteiger partial charge is 0.494 e. The number of carbonyl (C=O) groups is 3. The normalized spacial score (nSPS) is 18.0. The van der Waals surface area contributed by atoms with Crippen molar-refractivity contribution < 1.29 is 28.6 Å². The van der Waals surface area contributed by atoms with Crippen LogP contribution in [0, 0.1) is 5.82 Å². The van der Waals surface area contributed by atoms with Crippen molar-refractivity contribution in [1.29, 1.82) is 0 Å². The summed E-state index contributed by atoms with van der Waals surface area (Å²) >= 11 is 0. The molecule has 1 aliphatic rings. The molecule has 1 heterocycles. The number of likely N-dealkylation sites (tertiary alicyclic amines) is 1. The van der Waals surface area contributed by atoms with E-state index in [1.54, 1.807) is 0 Å². The summed E-state index contributed by atoms with van der Waals surface area (Å²) in [6.45, 7) is -0.0935. The van der Waals surface area contributed by atoms with Gasteiger partial charge in [0.05, 0.1) is 12.7 Å². The lowest BCUT2D eigenvalue weighted by Gasteiger charge is -2.23. The van der Waals surface area contributed by atoms with Crippen LogP contribution in [0.4, 0.5) is 4.39 Å². The molecule has 7 nitrogen and oxygen atoms in total. The first kappa shape index (κ1) is 17.7. The Morgan fingerprint density at radius 2 is 2.17 bits per heavy atom. The molecule has 0 radical (unpaired) electrons. The minimum atomic E-state index is -1.12. The number of hydrogen-bond donors (Lipinski definition) is 2. The number of amides is 2. The van der Waals surface area contributed by atoms with Crippen molar-refractivity contribution in [2.24, 2.45) is 0 Å². The van der Waals surface area contributed by atoms with E-state index in [1.807, 2.05) is 0 Å². The van der Waals surface area contributed by atoms with Crippen LogP contribution in [0.1, 0.15) is 29.6 Å². The van der Waals surface area contributed by atoms with Gasteiger partial charge in [-0.2, -0.15) is 0 Å². The molecule has 8 heteroatoms. The summed E-state index contributed by atoms with van der Waals surface area (Å²) in [5, 5.41) is 11.4. The van der Waals surface area contributed by atoms with Gasteiger partial charge in [-0.1, -0.05) is 6.07 Å². The fourth-order valence-electron chi connectivity index (χ4n) is 2.64. The third-order valence-corrected chi connectivity index (χ3v) is 3.84. The number of aliphatic carboxylic acids is 1. The van der Waals surface area contributed by atoms with Crippen LogP contribution in [0.3, 0.4) is 0 Å². The fraction of sp³-hybridized carbons (Fsp3) is 0.438. The van der Waals surface area contributed by atoms with Gasteiger partial charge < -0.3 is 20.1 Å². The zero-order chi connectivity index (χ0) is 17.7. The molecule has 2 N–H and O–H groups in total. The van der Waals surface area contributed by atoms with Gasteiger partial charge in [0.1, 0.15) is 12.6 Å². The Morgan fingerprint density at radius 1 is 1.42 bits per heavy atom. The Balaban J connectivity index is 2.15. The Kier molecular flexibility index (Phi) is 5.73. The van der Waals surface area contributed by atoms with Gasteiger partial charge in [0, 0.05) is 6.54 Å². The monoisotopic (exact) mass is 338 g/mol. The molecule has 2 amide bonds. The molecule has 2 rings (SSSR count). The highest BCUT2D eigenvalue weighted by atomic mass is 19.1. The molecule has 1 aromatic rings. The second kappa shape index (κ2) is 7.76. The molecular formula is C16H19FN2O5. The second-order valence-electron chi connectivity index (χ2n) is 5.50. The SMILES string of the molecule is COc1cccc(C(=O)NC2CCCCN(CC(=O)O)C2=O)c1F. The summed E-state index contributed by atoms with van der Waals surface area (Å²) in [5.41, 5.74) is -0.226. The van der Waals surface area contributed by atoms with Gasteiger partial charge in [0.25, 0.3) is 5.91 Å². The van der Waals surface area contributed by atoms with E-state index in [0.29, 0.717) is 25.8 Å². The summed E-state index contributed by atoms with van der Waals surface area (Å²) in [7, 11) is 1.29. The molecule has 0 bridgehead atoms. The lowest BCUT2D eigenvalue weighted by molar-refractivity contribution is -0.144. The summed E-state index contributed by atoms with van der Waals surface area (Å²) in [4.78, 5) is 36.7. The maximum Gasteiger partial charge on any atom is 0.323 e. The van der Waals surface area contributed by atoms with Gasteiger partial charge in [-0.3, -0.25) is 14.4 Å². The molecule has 1 saturated heterocycles. The summed E-state index contributed by atoms with van der Waals surface area (Å²) in [6, 6.07) is 3.29. The zero-order valence-corrected chi connectivity index (χ0v) is 13.3. The van der Waals surface area contributed by atoms with Gasteiger partial charge in [0.15, 0.2) is 11.6 Å².